The van der Waals surface area contributed by atoms with Crippen LogP contribution in [0.15, 0.2) is 28.7 Å². The molecule has 6 heteroatoms. The van der Waals surface area contributed by atoms with Crippen LogP contribution in [-0.4, -0.2) is 22.5 Å². The van der Waals surface area contributed by atoms with Gasteiger partial charge in [-0.1, -0.05) is 22.0 Å². The first-order valence-electron chi connectivity index (χ1n) is 6.10. The van der Waals surface area contributed by atoms with Gasteiger partial charge in [0.05, 0.1) is 0 Å². The summed E-state index contributed by atoms with van der Waals surface area (Å²) < 4.78 is 0.779. The van der Waals surface area contributed by atoms with Gasteiger partial charge in [-0.05, 0) is 43.9 Å². The number of carbonyl (C=O) groups excluding carboxylic acids is 2. The Bertz CT molecular complexity index is 498. The molecule has 19 heavy (non-hydrogen) atoms. The van der Waals surface area contributed by atoms with Gasteiger partial charge in [0.2, 0.25) is 0 Å². The second-order valence-corrected chi connectivity index (χ2v) is 5.57. The molecule has 0 unspecified atom stereocenters. The third-order valence-electron chi connectivity index (χ3n) is 3.23. The number of carbonyl (C=O) groups is 2. The van der Waals surface area contributed by atoms with Crippen LogP contribution in [0.5, 0.6) is 0 Å². The zero-order valence-electron chi connectivity index (χ0n) is 10.3. The van der Waals surface area contributed by atoms with Crippen LogP contribution >= 0.6 is 15.9 Å². The highest BCUT2D eigenvalue weighted by Gasteiger charge is 2.38. The number of halogens is 1. The molecule has 0 radical (unpaired) electrons. The van der Waals surface area contributed by atoms with Gasteiger partial charge < -0.3 is 5.11 Å². The molecule has 2 rings (SSSR count). The van der Waals surface area contributed by atoms with Crippen molar-refractivity contribution >= 4 is 27.7 Å². The predicted molar refractivity (Wildman–Crippen MR) is 73.2 cm³/mol. The number of benzene rings is 1. The van der Waals surface area contributed by atoms with Crippen LogP contribution < -0.4 is 10.9 Å². The topological polar surface area (TPSA) is 78.4 Å². The van der Waals surface area contributed by atoms with E-state index in [1.165, 1.54) is 0 Å². The van der Waals surface area contributed by atoms with E-state index in [2.05, 4.69) is 26.8 Å². The Labute approximate surface area is 119 Å². The van der Waals surface area contributed by atoms with Gasteiger partial charge >= 0.3 is 0 Å². The first-order valence-corrected chi connectivity index (χ1v) is 6.89. The third-order valence-corrected chi connectivity index (χ3v) is 3.72. The molecule has 5 nitrogen and oxygen atoms in total. The Morgan fingerprint density at radius 3 is 2.53 bits per heavy atom. The average molecular weight is 327 g/mol. The van der Waals surface area contributed by atoms with Crippen LogP contribution in [0.2, 0.25) is 0 Å². The van der Waals surface area contributed by atoms with E-state index in [-0.39, 0.29) is 0 Å². The zero-order valence-corrected chi connectivity index (χ0v) is 11.9. The van der Waals surface area contributed by atoms with E-state index in [1.54, 1.807) is 24.3 Å². The van der Waals surface area contributed by atoms with Crippen molar-refractivity contribution in [3.63, 3.8) is 0 Å². The minimum atomic E-state index is -1.34. The maximum atomic E-state index is 11.8. The van der Waals surface area contributed by atoms with Crippen molar-refractivity contribution in [1.82, 2.24) is 10.9 Å². The molecule has 1 fully saturated rings. The summed E-state index contributed by atoms with van der Waals surface area (Å²) in [7, 11) is 0. The highest BCUT2D eigenvalue weighted by molar-refractivity contribution is 9.10. The number of nitrogens with one attached hydrogen (secondary N) is 2. The second-order valence-electron chi connectivity index (χ2n) is 4.66. The molecule has 1 aliphatic rings. The Morgan fingerprint density at radius 2 is 1.89 bits per heavy atom. The lowest BCUT2D eigenvalue weighted by Crippen LogP contribution is -2.52. The maximum Gasteiger partial charge on any atom is 0.270 e. The summed E-state index contributed by atoms with van der Waals surface area (Å²) in [5, 5.41) is 10.0. The van der Waals surface area contributed by atoms with E-state index in [0.717, 1.165) is 17.3 Å². The molecule has 0 bridgehead atoms. The Kier molecular flexibility index (Phi) is 4.21. The van der Waals surface area contributed by atoms with Gasteiger partial charge in [-0.3, -0.25) is 20.4 Å². The fourth-order valence-corrected chi connectivity index (χ4v) is 2.52. The molecule has 0 atom stereocenters. The molecule has 0 spiro atoms. The van der Waals surface area contributed by atoms with Crippen LogP contribution in [0.3, 0.4) is 0 Å². The largest absolute Gasteiger partial charge is 0.380 e. The quantitative estimate of drug-likeness (QED) is 0.721. The highest BCUT2D eigenvalue weighted by atomic mass is 79.9. The molecule has 1 saturated carbocycles. The van der Waals surface area contributed by atoms with Gasteiger partial charge in [0, 0.05) is 10.0 Å². The number of amides is 2. The van der Waals surface area contributed by atoms with Crippen molar-refractivity contribution in [1.29, 1.82) is 0 Å². The lowest BCUT2D eigenvalue weighted by Gasteiger charge is -2.20. The number of hydrazine groups is 1. The monoisotopic (exact) mass is 326 g/mol. The minimum absolute atomic E-state index is 0.420. The van der Waals surface area contributed by atoms with Crippen molar-refractivity contribution in [2.24, 2.45) is 0 Å². The zero-order chi connectivity index (χ0) is 13.9. The van der Waals surface area contributed by atoms with E-state index in [4.69, 9.17) is 0 Å². The van der Waals surface area contributed by atoms with E-state index in [1.807, 2.05) is 0 Å². The van der Waals surface area contributed by atoms with Gasteiger partial charge in [0.15, 0.2) is 0 Å². The SMILES string of the molecule is O=C(NNC(=O)C1(O)CCCC1)c1cccc(Br)c1. The van der Waals surface area contributed by atoms with Gasteiger partial charge in [0.1, 0.15) is 5.60 Å². The fourth-order valence-electron chi connectivity index (χ4n) is 2.12. The second kappa shape index (κ2) is 5.71. The summed E-state index contributed by atoms with van der Waals surface area (Å²) in [6.07, 6.45) is 2.52. The first kappa shape index (κ1) is 14.0. The summed E-state index contributed by atoms with van der Waals surface area (Å²) in [6.45, 7) is 0. The summed E-state index contributed by atoms with van der Waals surface area (Å²) in [6, 6.07) is 6.81. The summed E-state index contributed by atoms with van der Waals surface area (Å²) in [5.74, 6) is -0.968. The molecular weight excluding hydrogens is 312 g/mol. The van der Waals surface area contributed by atoms with Crippen LogP contribution in [0.25, 0.3) is 0 Å². The smallest absolute Gasteiger partial charge is 0.270 e. The summed E-state index contributed by atoms with van der Waals surface area (Å²) in [4.78, 5) is 23.6. The Balaban J connectivity index is 1.92. The molecule has 0 aromatic heterocycles. The Morgan fingerprint density at radius 1 is 1.21 bits per heavy atom. The minimum Gasteiger partial charge on any atom is -0.380 e. The molecule has 1 aromatic carbocycles. The number of rotatable bonds is 2. The normalized spacial score (nSPS) is 16.9. The molecule has 1 aliphatic carbocycles. The maximum absolute atomic E-state index is 11.8. The molecular formula is C13H15BrN2O3. The lowest BCUT2D eigenvalue weighted by atomic mass is 10.0. The highest BCUT2D eigenvalue weighted by Crippen LogP contribution is 2.29. The fraction of sp³-hybridized carbons (Fsp3) is 0.385. The van der Waals surface area contributed by atoms with Crippen molar-refractivity contribution < 1.29 is 14.7 Å². The van der Waals surface area contributed by atoms with Gasteiger partial charge in [-0.15, -0.1) is 0 Å². The van der Waals surface area contributed by atoms with Gasteiger partial charge in [-0.2, -0.15) is 0 Å². The molecule has 0 heterocycles. The summed E-state index contributed by atoms with van der Waals surface area (Å²) in [5.41, 5.74) is 3.67. The summed E-state index contributed by atoms with van der Waals surface area (Å²) >= 11 is 3.27. The molecule has 102 valence electrons. The van der Waals surface area contributed by atoms with E-state index >= 15 is 0 Å². The van der Waals surface area contributed by atoms with Crippen LogP contribution in [0.4, 0.5) is 0 Å². The molecule has 2 amide bonds. The van der Waals surface area contributed by atoms with Crippen molar-refractivity contribution in [2.45, 2.75) is 31.3 Å². The van der Waals surface area contributed by atoms with Gasteiger partial charge in [0.25, 0.3) is 11.8 Å². The number of hydrogen-bond donors (Lipinski definition) is 3. The van der Waals surface area contributed by atoms with E-state index < -0.39 is 17.4 Å². The third kappa shape index (κ3) is 3.33. The molecule has 1 aromatic rings. The lowest BCUT2D eigenvalue weighted by molar-refractivity contribution is -0.139. The van der Waals surface area contributed by atoms with Crippen molar-refractivity contribution in [3.8, 4) is 0 Å². The van der Waals surface area contributed by atoms with Gasteiger partial charge in [-0.25, -0.2) is 0 Å². The van der Waals surface area contributed by atoms with Crippen molar-refractivity contribution in [2.75, 3.05) is 0 Å². The molecule has 0 saturated heterocycles. The van der Waals surface area contributed by atoms with Crippen LogP contribution in [0.1, 0.15) is 36.0 Å². The number of aliphatic hydroxyl groups is 1. The Hall–Kier alpha value is -1.40. The molecule has 3 N–H and O–H groups in total. The predicted octanol–water partition coefficient (Wildman–Crippen LogP) is 1.52. The first-order chi connectivity index (χ1) is 9.01. The molecule has 0 aliphatic heterocycles. The van der Waals surface area contributed by atoms with Crippen LogP contribution in [0, 0.1) is 0 Å². The average Bonchev–Trinajstić information content (AvgIpc) is 2.84. The van der Waals surface area contributed by atoms with E-state index in [9.17, 15) is 14.7 Å². The standard InChI is InChI=1S/C13H15BrN2O3/c14-10-5-3-4-9(8-10)11(17)15-16-12(18)13(19)6-1-2-7-13/h3-5,8,19H,1-2,6-7H2,(H,15,17)(H,16,18). The van der Waals surface area contributed by atoms with E-state index in [0.29, 0.717) is 18.4 Å². The van der Waals surface area contributed by atoms with Crippen LogP contribution in [-0.2, 0) is 4.79 Å². The van der Waals surface area contributed by atoms with Crippen molar-refractivity contribution in [3.05, 3.63) is 34.3 Å². The number of hydrogen-bond acceptors (Lipinski definition) is 3.